The molecule has 0 aliphatic carbocycles. The SMILES string of the molecule is COc1ccc(N2C(=O)C(CC(=O)Nc3ccc(Br)cc3)N(Cc3ccc(Cl)cc3)C2=S)cc1. The second-order valence-electron chi connectivity index (χ2n) is 7.68. The molecule has 3 aromatic carbocycles. The molecular formula is C25H21BrClN3O3S. The maximum atomic E-state index is 13.5. The first-order chi connectivity index (χ1) is 16.4. The predicted octanol–water partition coefficient (Wildman–Crippen LogP) is 5.64. The Morgan fingerprint density at radius 3 is 2.32 bits per heavy atom. The highest BCUT2D eigenvalue weighted by molar-refractivity contribution is 9.10. The van der Waals surface area contributed by atoms with E-state index < -0.39 is 6.04 Å². The topological polar surface area (TPSA) is 61.9 Å². The third kappa shape index (κ3) is 5.41. The highest BCUT2D eigenvalue weighted by Gasteiger charge is 2.44. The number of amides is 2. The summed E-state index contributed by atoms with van der Waals surface area (Å²) in [5, 5.41) is 3.82. The number of nitrogens with zero attached hydrogens (tertiary/aromatic N) is 2. The van der Waals surface area contributed by atoms with Gasteiger partial charge in [-0.3, -0.25) is 14.5 Å². The average Bonchev–Trinajstić information content (AvgIpc) is 3.06. The molecule has 6 nitrogen and oxygen atoms in total. The minimum atomic E-state index is -0.749. The second-order valence-corrected chi connectivity index (χ2v) is 9.40. The van der Waals surface area contributed by atoms with Crippen molar-refractivity contribution in [3.8, 4) is 5.75 Å². The molecule has 0 bridgehead atoms. The molecule has 9 heteroatoms. The number of methoxy groups -OCH3 is 1. The molecule has 174 valence electrons. The molecular weight excluding hydrogens is 538 g/mol. The van der Waals surface area contributed by atoms with Crippen LogP contribution in [0.15, 0.2) is 77.3 Å². The van der Waals surface area contributed by atoms with Crippen molar-refractivity contribution in [3.63, 3.8) is 0 Å². The number of rotatable bonds is 7. The smallest absolute Gasteiger partial charge is 0.256 e. The number of thiocarbonyl (C=S) groups is 1. The fraction of sp³-hybridized carbons (Fsp3) is 0.160. The highest BCUT2D eigenvalue weighted by Crippen LogP contribution is 2.30. The molecule has 1 fully saturated rings. The number of carbonyl (C=O) groups is 2. The van der Waals surface area contributed by atoms with Gasteiger partial charge in [-0.05, 0) is 78.4 Å². The van der Waals surface area contributed by atoms with Crippen LogP contribution in [-0.2, 0) is 16.1 Å². The number of benzene rings is 3. The van der Waals surface area contributed by atoms with Crippen LogP contribution >= 0.6 is 39.7 Å². The van der Waals surface area contributed by atoms with Crippen molar-refractivity contribution in [2.75, 3.05) is 17.3 Å². The van der Waals surface area contributed by atoms with Crippen molar-refractivity contribution < 1.29 is 14.3 Å². The first kappa shape index (κ1) is 24.2. The Labute approximate surface area is 216 Å². The Bertz CT molecular complexity index is 1200. The molecule has 1 N–H and O–H groups in total. The third-order valence-electron chi connectivity index (χ3n) is 5.42. The van der Waals surface area contributed by atoms with Crippen LogP contribution in [-0.4, -0.2) is 35.0 Å². The van der Waals surface area contributed by atoms with Gasteiger partial charge in [0.2, 0.25) is 5.91 Å². The summed E-state index contributed by atoms with van der Waals surface area (Å²) >= 11 is 15.1. The van der Waals surface area contributed by atoms with Crippen molar-refractivity contribution in [2.45, 2.75) is 19.0 Å². The quantitative estimate of drug-likeness (QED) is 0.380. The van der Waals surface area contributed by atoms with Crippen LogP contribution in [0.2, 0.25) is 5.02 Å². The van der Waals surface area contributed by atoms with Gasteiger partial charge in [0.25, 0.3) is 5.91 Å². The summed E-state index contributed by atoms with van der Waals surface area (Å²) in [6, 6.07) is 20.9. The van der Waals surface area contributed by atoms with Crippen LogP contribution in [0, 0.1) is 0 Å². The Hall–Kier alpha value is -2.94. The molecule has 2 amide bonds. The first-order valence-corrected chi connectivity index (χ1v) is 12.0. The van der Waals surface area contributed by atoms with Gasteiger partial charge in [0.15, 0.2) is 5.11 Å². The van der Waals surface area contributed by atoms with Crippen LogP contribution in [0.25, 0.3) is 0 Å². The summed E-state index contributed by atoms with van der Waals surface area (Å²) in [6.07, 6.45) is -0.0463. The van der Waals surface area contributed by atoms with Gasteiger partial charge in [0, 0.05) is 21.7 Å². The number of ether oxygens (including phenoxy) is 1. The summed E-state index contributed by atoms with van der Waals surface area (Å²) in [7, 11) is 1.58. The summed E-state index contributed by atoms with van der Waals surface area (Å²) in [4.78, 5) is 29.7. The van der Waals surface area contributed by atoms with E-state index in [1.807, 2.05) is 24.3 Å². The van der Waals surface area contributed by atoms with Crippen molar-refractivity contribution in [1.29, 1.82) is 0 Å². The minimum absolute atomic E-state index is 0.0463. The van der Waals surface area contributed by atoms with Gasteiger partial charge in [0.1, 0.15) is 11.8 Å². The number of halogens is 2. The third-order valence-corrected chi connectivity index (χ3v) is 6.62. The summed E-state index contributed by atoms with van der Waals surface area (Å²) in [5.74, 6) is 0.140. The van der Waals surface area contributed by atoms with Crippen LogP contribution in [0.4, 0.5) is 11.4 Å². The number of anilines is 2. The van der Waals surface area contributed by atoms with Crippen LogP contribution in [0.5, 0.6) is 5.75 Å². The van der Waals surface area contributed by atoms with Gasteiger partial charge in [-0.15, -0.1) is 0 Å². The van der Waals surface area contributed by atoms with Gasteiger partial charge >= 0.3 is 0 Å². The molecule has 1 atom stereocenters. The molecule has 0 radical (unpaired) electrons. The van der Waals surface area contributed by atoms with Crippen LogP contribution in [0.1, 0.15) is 12.0 Å². The normalized spacial score (nSPS) is 15.6. The van der Waals surface area contributed by atoms with Gasteiger partial charge in [-0.1, -0.05) is 39.7 Å². The van der Waals surface area contributed by atoms with E-state index in [0.29, 0.717) is 33.8 Å². The molecule has 34 heavy (non-hydrogen) atoms. The Morgan fingerprint density at radius 2 is 1.71 bits per heavy atom. The molecule has 1 saturated heterocycles. The van der Waals surface area contributed by atoms with Gasteiger partial charge in [0.05, 0.1) is 19.2 Å². The maximum absolute atomic E-state index is 13.5. The Balaban J connectivity index is 1.59. The van der Waals surface area contributed by atoms with Gasteiger partial charge in [-0.2, -0.15) is 0 Å². The zero-order valence-electron chi connectivity index (χ0n) is 18.2. The molecule has 1 heterocycles. The Morgan fingerprint density at radius 1 is 1.06 bits per heavy atom. The zero-order valence-corrected chi connectivity index (χ0v) is 21.4. The minimum Gasteiger partial charge on any atom is -0.497 e. The van der Waals surface area contributed by atoms with Crippen LogP contribution < -0.4 is 15.0 Å². The number of carbonyl (C=O) groups excluding carboxylic acids is 2. The van der Waals surface area contributed by atoms with Crippen LogP contribution in [0.3, 0.4) is 0 Å². The summed E-state index contributed by atoms with van der Waals surface area (Å²) < 4.78 is 6.13. The van der Waals surface area contributed by atoms with E-state index in [0.717, 1.165) is 10.0 Å². The maximum Gasteiger partial charge on any atom is 0.256 e. The van der Waals surface area contributed by atoms with Gasteiger partial charge < -0.3 is 15.0 Å². The van der Waals surface area contributed by atoms with Crippen molar-refractivity contribution in [3.05, 3.63) is 87.9 Å². The largest absolute Gasteiger partial charge is 0.497 e. The Kier molecular flexibility index (Phi) is 7.50. The first-order valence-electron chi connectivity index (χ1n) is 10.4. The summed E-state index contributed by atoms with van der Waals surface area (Å²) in [6.45, 7) is 0.366. The lowest BCUT2D eigenvalue weighted by Crippen LogP contribution is -2.37. The molecule has 0 aromatic heterocycles. The van der Waals surface area contributed by atoms with E-state index in [1.165, 1.54) is 4.90 Å². The van der Waals surface area contributed by atoms with Gasteiger partial charge in [-0.25, -0.2) is 0 Å². The zero-order chi connectivity index (χ0) is 24.2. The van der Waals surface area contributed by atoms with E-state index in [-0.39, 0.29) is 18.2 Å². The lowest BCUT2D eigenvalue weighted by Gasteiger charge is -2.24. The van der Waals surface area contributed by atoms with E-state index in [1.54, 1.807) is 60.5 Å². The fourth-order valence-electron chi connectivity index (χ4n) is 3.69. The second kappa shape index (κ2) is 10.5. The van der Waals surface area contributed by atoms with E-state index in [2.05, 4.69) is 21.2 Å². The van der Waals surface area contributed by atoms with E-state index in [9.17, 15) is 9.59 Å². The lowest BCUT2D eigenvalue weighted by molar-refractivity contribution is -0.124. The van der Waals surface area contributed by atoms with Crippen molar-refractivity contribution >= 4 is 68.1 Å². The molecule has 1 aliphatic rings. The molecule has 0 spiro atoms. The standard InChI is InChI=1S/C25H21BrClN3O3S/c1-33-21-12-10-20(11-13-21)30-24(32)22(14-23(31)28-19-8-4-17(26)5-9-19)29(25(30)34)15-16-2-6-18(27)7-3-16/h2-13,22H,14-15H2,1H3,(H,28,31). The molecule has 3 aromatic rings. The fourth-order valence-corrected chi connectivity index (χ4v) is 4.47. The number of hydrogen-bond acceptors (Lipinski definition) is 4. The monoisotopic (exact) mass is 557 g/mol. The number of hydrogen-bond donors (Lipinski definition) is 1. The van der Waals surface area contributed by atoms with E-state index >= 15 is 0 Å². The lowest BCUT2D eigenvalue weighted by atomic mass is 10.1. The molecule has 1 unspecified atom stereocenters. The molecule has 0 saturated carbocycles. The predicted molar refractivity (Wildman–Crippen MR) is 141 cm³/mol. The summed E-state index contributed by atoms with van der Waals surface area (Å²) in [5.41, 5.74) is 2.19. The molecule has 1 aliphatic heterocycles. The van der Waals surface area contributed by atoms with E-state index in [4.69, 9.17) is 28.6 Å². The number of nitrogens with one attached hydrogen (secondary N) is 1. The van der Waals surface area contributed by atoms with Crippen molar-refractivity contribution in [1.82, 2.24) is 4.90 Å². The molecule has 4 rings (SSSR count). The average molecular weight is 559 g/mol. The highest BCUT2D eigenvalue weighted by atomic mass is 79.9. The van der Waals surface area contributed by atoms with Crippen molar-refractivity contribution in [2.24, 2.45) is 0 Å².